The van der Waals surface area contributed by atoms with Crippen molar-refractivity contribution in [3.05, 3.63) is 22.4 Å². The lowest BCUT2D eigenvalue weighted by molar-refractivity contribution is -0.403. The molecule has 2 fully saturated rings. The molecule has 2 aliphatic rings. The predicted molar refractivity (Wildman–Crippen MR) is 64.9 cm³/mol. The highest BCUT2D eigenvalue weighted by Gasteiger charge is 2.49. The van der Waals surface area contributed by atoms with Crippen molar-refractivity contribution in [2.45, 2.75) is 57.6 Å². The number of nitrogens with zero attached hydrogens (tertiary/aromatic N) is 1. The lowest BCUT2D eigenvalue weighted by Gasteiger charge is -2.22. The Hall–Kier alpha value is -1.02. The summed E-state index contributed by atoms with van der Waals surface area (Å²) in [4.78, 5) is 9.89. The van der Waals surface area contributed by atoms with Crippen molar-refractivity contribution < 1.29 is 23.9 Å². The first-order valence-electron chi connectivity index (χ1n) is 6.18. The van der Waals surface area contributed by atoms with E-state index in [4.69, 9.17) is 18.9 Å². The van der Waals surface area contributed by atoms with Gasteiger partial charge in [0.1, 0.15) is 18.3 Å². The quantitative estimate of drug-likeness (QED) is 0.572. The van der Waals surface area contributed by atoms with Crippen molar-refractivity contribution >= 4 is 0 Å². The zero-order valence-electron chi connectivity index (χ0n) is 11.5. The first-order valence-corrected chi connectivity index (χ1v) is 6.18. The SMILES string of the molecule is CC1(C)O[C@H]([C@H]2COC(C)(C)O2)[C@@H](/C=C/[N+](=O)[O-])O1. The first kappa shape index (κ1) is 14.4. The monoisotopic (exact) mass is 273 g/mol. The van der Waals surface area contributed by atoms with Gasteiger partial charge in [-0.1, -0.05) is 0 Å². The van der Waals surface area contributed by atoms with Gasteiger partial charge in [0.2, 0.25) is 6.20 Å². The third kappa shape index (κ3) is 3.50. The largest absolute Gasteiger partial charge is 0.348 e. The summed E-state index contributed by atoms with van der Waals surface area (Å²) in [7, 11) is 0. The molecular weight excluding hydrogens is 254 g/mol. The van der Waals surface area contributed by atoms with Crippen LogP contribution >= 0.6 is 0 Å². The normalized spacial score (nSPS) is 36.9. The topological polar surface area (TPSA) is 80.1 Å². The van der Waals surface area contributed by atoms with E-state index in [-0.39, 0.29) is 6.10 Å². The van der Waals surface area contributed by atoms with E-state index in [1.807, 2.05) is 13.8 Å². The van der Waals surface area contributed by atoms with E-state index >= 15 is 0 Å². The molecule has 2 rings (SSSR count). The smallest absolute Gasteiger partial charge is 0.233 e. The summed E-state index contributed by atoms with van der Waals surface area (Å²) in [6.07, 6.45) is 0.992. The third-order valence-electron chi connectivity index (χ3n) is 2.96. The second-order valence-electron chi connectivity index (χ2n) is 5.56. The highest BCUT2D eigenvalue weighted by Crippen LogP contribution is 2.35. The molecule has 2 aliphatic heterocycles. The molecule has 0 radical (unpaired) electrons. The molecule has 0 aromatic carbocycles. The first-order chi connectivity index (χ1) is 8.69. The van der Waals surface area contributed by atoms with E-state index in [2.05, 4.69) is 0 Å². The van der Waals surface area contributed by atoms with Gasteiger partial charge in [-0.2, -0.15) is 0 Å². The van der Waals surface area contributed by atoms with Crippen LogP contribution in [-0.2, 0) is 18.9 Å². The average molecular weight is 273 g/mol. The van der Waals surface area contributed by atoms with Crippen molar-refractivity contribution in [2.24, 2.45) is 0 Å². The molecule has 0 bridgehead atoms. The van der Waals surface area contributed by atoms with Crippen LogP contribution in [0.5, 0.6) is 0 Å². The fourth-order valence-corrected chi connectivity index (χ4v) is 2.29. The molecule has 3 atom stereocenters. The average Bonchev–Trinajstić information content (AvgIpc) is 2.75. The summed E-state index contributed by atoms with van der Waals surface area (Å²) < 4.78 is 22.6. The minimum absolute atomic E-state index is 0.307. The van der Waals surface area contributed by atoms with Crippen LogP contribution in [0.4, 0.5) is 0 Å². The molecule has 2 saturated heterocycles. The standard InChI is InChI=1S/C12H19NO6/c1-11(2)16-7-9(18-11)10-8(5-6-13(14)15)17-12(3,4)19-10/h5-6,8-10H,7H2,1-4H3/b6-5+/t8-,9-,10+/m1/s1. The van der Waals surface area contributed by atoms with Gasteiger partial charge in [-0.3, -0.25) is 10.1 Å². The predicted octanol–water partition coefficient (Wildman–Crippen LogP) is 1.45. The Morgan fingerprint density at radius 2 is 1.84 bits per heavy atom. The Balaban J connectivity index is 2.10. The van der Waals surface area contributed by atoms with Gasteiger partial charge in [0.25, 0.3) is 0 Å². The van der Waals surface area contributed by atoms with E-state index in [1.165, 1.54) is 6.08 Å². The zero-order chi connectivity index (χ0) is 14.3. The van der Waals surface area contributed by atoms with Gasteiger partial charge in [0, 0.05) is 6.08 Å². The molecule has 0 N–H and O–H groups in total. The van der Waals surface area contributed by atoms with Crippen LogP contribution in [0.15, 0.2) is 12.3 Å². The fraction of sp³-hybridized carbons (Fsp3) is 0.833. The maximum atomic E-state index is 10.4. The van der Waals surface area contributed by atoms with Crippen LogP contribution in [0.3, 0.4) is 0 Å². The second-order valence-corrected chi connectivity index (χ2v) is 5.56. The molecule has 7 nitrogen and oxygen atoms in total. The van der Waals surface area contributed by atoms with Crippen molar-refractivity contribution in [1.29, 1.82) is 0 Å². The van der Waals surface area contributed by atoms with E-state index in [0.717, 1.165) is 6.20 Å². The van der Waals surface area contributed by atoms with E-state index in [0.29, 0.717) is 6.61 Å². The Labute approximate surface area is 111 Å². The maximum absolute atomic E-state index is 10.4. The highest BCUT2D eigenvalue weighted by molar-refractivity contribution is 4.99. The third-order valence-corrected chi connectivity index (χ3v) is 2.96. The van der Waals surface area contributed by atoms with Crippen LogP contribution in [0.1, 0.15) is 27.7 Å². The van der Waals surface area contributed by atoms with Gasteiger partial charge >= 0.3 is 0 Å². The van der Waals surface area contributed by atoms with Crippen molar-refractivity contribution in [3.63, 3.8) is 0 Å². The summed E-state index contributed by atoms with van der Waals surface area (Å²) in [5.74, 6) is -1.47. The Kier molecular flexibility index (Phi) is 3.65. The lowest BCUT2D eigenvalue weighted by atomic mass is 10.1. The molecule has 0 aromatic rings. The van der Waals surface area contributed by atoms with Crippen LogP contribution in [0.25, 0.3) is 0 Å². The summed E-state index contributed by atoms with van der Waals surface area (Å²) in [6.45, 7) is 7.54. The van der Waals surface area contributed by atoms with Crippen LogP contribution in [0, 0.1) is 10.1 Å². The maximum Gasteiger partial charge on any atom is 0.233 e. The number of hydrogen-bond donors (Lipinski definition) is 0. The number of nitro groups is 1. The molecule has 2 heterocycles. The minimum Gasteiger partial charge on any atom is -0.348 e. The van der Waals surface area contributed by atoms with Gasteiger partial charge in [0.05, 0.1) is 11.5 Å². The van der Waals surface area contributed by atoms with Gasteiger partial charge < -0.3 is 18.9 Å². The molecule has 0 aromatic heterocycles. The highest BCUT2D eigenvalue weighted by atomic mass is 16.8. The molecular formula is C12H19NO6. The molecule has 0 saturated carbocycles. The number of ether oxygens (including phenoxy) is 4. The molecule has 108 valence electrons. The molecule has 7 heteroatoms. The fourth-order valence-electron chi connectivity index (χ4n) is 2.29. The van der Waals surface area contributed by atoms with Gasteiger partial charge in [-0.25, -0.2) is 0 Å². The van der Waals surface area contributed by atoms with Crippen molar-refractivity contribution in [2.75, 3.05) is 6.61 Å². The van der Waals surface area contributed by atoms with Crippen molar-refractivity contribution in [3.8, 4) is 0 Å². The Bertz CT molecular complexity index is 392. The van der Waals surface area contributed by atoms with Crippen LogP contribution in [0.2, 0.25) is 0 Å². The summed E-state index contributed by atoms with van der Waals surface area (Å²) in [5, 5.41) is 10.4. The molecule has 19 heavy (non-hydrogen) atoms. The molecule has 0 amide bonds. The molecule has 0 spiro atoms. The Morgan fingerprint density at radius 1 is 1.16 bits per heavy atom. The van der Waals surface area contributed by atoms with E-state index in [9.17, 15) is 10.1 Å². The summed E-state index contributed by atoms with van der Waals surface area (Å²) in [6, 6.07) is 0. The van der Waals surface area contributed by atoms with Crippen LogP contribution < -0.4 is 0 Å². The lowest BCUT2D eigenvalue weighted by Crippen LogP contribution is -2.37. The molecule has 0 aliphatic carbocycles. The van der Waals surface area contributed by atoms with Gasteiger partial charge in [-0.15, -0.1) is 0 Å². The van der Waals surface area contributed by atoms with Crippen LogP contribution in [-0.4, -0.2) is 41.4 Å². The van der Waals surface area contributed by atoms with Crippen molar-refractivity contribution in [1.82, 2.24) is 0 Å². The second kappa shape index (κ2) is 4.82. The number of rotatable bonds is 3. The van der Waals surface area contributed by atoms with E-state index < -0.39 is 28.7 Å². The Morgan fingerprint density at radius 3 is 2.37 bits per heavy atom. The summed E-state index contributed by atoms with van der Waals surface area (Å²) in [5.41, 5.74) is 0. The summed E-state index contributed by atoms with van der Waals surface area (Å²) >= 11 is 0. The van der Waals surface area contributed by atoms with Gasteiger partial charge in [-0.05, 0) is 27.7 Å². The zero-order valence-corrected chi connectivity index (χ0v) is 11.5. The van der Waals surface area contributed by atoms with Gasteiger partial charge in [0.15, 0.2) is 11.6 Å². The number of hydrogen-bond acceptors (Lipinski definition) is 6. The van der Waals surface area contributed by atoms with E-state index in [1.54, 1.807) is 13.8 Å². The molecule has 0 unspecified atom stereocenters. The minimum atomic E-state index is -0.799.